The summed E-state index contributed by atoms with van der Waals surface area (Å²) in [4.78, 5) is 46.5. The number of carbonyl (C=O) groups excluding carboxylic acids is 1. The molecule has 0 saturated carbocycles. The molecule has 1 N–H and O–H groups in total. The summed E-state index contributed by atoms with van der Waals surface area (Å²) in [7, 11) is 0. The molecular weight excluding hydrogens is 586 g/mol. The summed E-state index contributed by atoms with van der Waals surface area (Å²) in [5, 5.41) is 12.8. The second-order valence-corrected chi connectivity index (χ2v) is 12.7. The first-order valence-electron chi connectivity index (χ1n) is 14.2. The predicted molar refractivity (Wildman–Crippen MR) is 158 cm³/mol. The number of benzene rings is 2. The van der Waals surface area contributed by atoms with Crippen molar-refractivity contribution in [1.82, 2.24) is 14.5 Å². The highest BCUT2D eigenvalue weighted by molar-refractivity contribution is 9.10. The molecule has 1 unspecified atom stereocenters. The first-order valence-corrected chi connectivity index (χ1v) is 15.0. The van der Waals surface area contributed by atoms with E-state index < -0.39 is 0 Å². The van der Waals surface area contributed by atoms with E-state index in [1.807, 2.05) is 39.8 Å². The van der Waals surface area contributed by atoms with Crippen LogP contribution in [-0.4, -0.2) is 44.4 Å². The fraction of sp³-hybridized carbons (Fsp3) is 0.355. The lowest BCUT2D eigenvalue weighted by Crippen LogP contribution is -2.61. The number of aromatic amines is 1. The Morgan fingerprint density at radius 1 is 1.10 bits per heavy atom. The topological polar surface area (TPSA) is 104 Å². The van der Waals surface area contributed by atoms with E-state index in [4.69, 9.17) is 0 Å². The van der Waals surface area contributed by atoms with Gasteiger partial charge in [0, 0.05) is 95.3 Å². The first kappa shape index (κ1) is 24.8. The van der Waals surface area contributed by atoms with Crippen LogP contribution in [0.4, 0.5) is 11.4 Å². The van der Waals surface area contributed by atoms with Crippen LogP contribution in [0.25, 0.3) is 10.9 Å². The van der Waals surface area contributed by atoms with Crippen molar-refractivity contribution in [3.63, 3.8) is 0 Å². The van der Waals surface area contributed by atoms with E-state index in [9.17, 15) is 19.7 Å². The monoisotopic (exact) mass is 613 g/mol. The molecule has 1 fully saturated rings. The SMILES string of the molecule is O=C([C@@H]1Cc2cc([N+](=O)[O-])ccc2N2C[C@@H]3C[C@H](Cn4c3cccc4=O)C12)N1CCc2[nH]c3c(Br)cccc3c2C1. The number of aromatic nitrogens is 2. The maximum Gasteiger partial charge on any atom is 0.269 e. The molecule has 2 aromatic carbocycles. The number of nitrogens with zero attached hydrogens (tertiary/aromatic N) is 4. The van der Waals surface area contributed by atoms with E-state index in [0.717, 1.165) is 50.7 Å². The fourth-order valence-electron chi connectivity index (χ4n) is 8.06. The van der Waals surface area contributed by atoms with Gasteiger partial charge in [-0.3, -0.25) is 19.7 Å². The number of non-ortho nitro benzene ring substituents is 1. The van der Waals surface area contributed by atoms with Crippen molar-refractivity contribution in [3.05, 3.63) is 102 Å². The van der Waals surface area contributed by atoms with Gasteiger partial charge in [0.15, 0.2) is 0 Å². The lowest BCUT2D eigenvalue weighted by Gasteiger charge is -2.54. The number of rotatable bonds is 2. The van der Waals surface area contributed by atoms with Crippen LogP contribution in [0.1, 0.15) is 34.9 Å². The normalized spacial score (nSPS) is 24.3. The molecule has 0 aliphatic carbocycles. The number of nitro benzene ring substituents is 1. The number of H-pyrrole nitrogens is 1. The van der Waals surface area contributed by atoms with Crippen LogP contribution in [0.3, 0.4) is 0 Å². The Kier molecular flexibility index (Phi) is 5.48. The number of hydrogen-bond acceptors (Lipinski definition) is 5. The number of pyridine rings is 1. The van der Waals surface area contributed by atoms with Crippen LogP contribution in [0.15, 0.2) is 63.9 Å². The molecule has 8 rings (SSSR count). The number of hydrogen-bond donors (Lipinski definition) is 1. The Hall–Kier alpha value is -3.92. The lowest BCUT2D eigenvalue weighted by molar-refractivity contribution is -0.384. The number of fused-ring (bicyclic) bond motifs is 11. The summed E-state index contributed by atoms with van der Waals surface area (Å²) in [6.07, 6.45) is 2.13. The molecule has 0 radical (unpaired) electrons. The second kappa shape index (κ2) is 9.04. The summed E-state index contributed by atoms with van der Waals surface area (Å²) in [5.41, 5.74) is 6.32. The standard InChI is InChI=1S/C31H28BrN5O4/c32-24-4-1-3-21-23-16-34(10-9-25(23)33-29(21)24)31(39)22-13-17-12-20(37(40)41)7-8-27(17)36-14-18-11-19(30(22)36)15-35-26(18)5-2-6-28(35)38/h1-8,12,18-19,22,30,33H,9-11,13-16H2/t18-,19+,22+,30?/m0/s1. The molecule has 10 heteroatoms. The Balaban J connectivity index is 1.20. The number of halogens is 1. The van der Waals surface area contributed by atoms with Gasteiger partial charge in [-0.05, 0) is 58.5 Å². The van der Waals surface area contributed by atoms with E-state index in [-0.39, 0.29) is 45.9 Å². The van der Waals surface area contributed by atoms with E-state index in [0.29, 0.717) is 32.6 Å². The summed E-state index contributed by atoms with van der Waals surface area (Å²) in [6.45, 7) is 2.42. The van der Waals surface area contributed by atoms with E-state index in [1.165, 1.54) is 5.69 Å². The van der Waals surface area contributed by atoms with Crippen molar-refractivity contribution >= 4 is 44.1 Å². The summed E-state index contributed by atoms with van der Waals surface area (Å²) >= 11 is 3.65. The summed E-state index contributed by atoms with van der Waals surface area (Å²) in [5.74, 6) is 0.0350. The number of carbonyl (C=O) groups is 1. The van der Waals surface area contributed by atoms with Crippen LogP contribution in [-0.2, 0) is 30.7 Å². The van der Waals surface area contributed by atoms with Crippen molar-refractivity contribution in [2.24, 2.45) is 11.8 Å². The number of nitrogens with one attached hydrogen (secondary N) is 1. The minimum Gasteiger partial charge on any atom is -0.366 e. The largest absolute Gasteiger partial charge is 0.366 e. The number of anilines is 1. The predicted octanol–water partition coefficient (Wildman–Crippen LogP) is 4.75. The molecule has 1 saturated heterocycles. The number of para-hydroxylation sites is 1. The third-order valence-electron chi connectivity index (χ3n) is 9.79. The molecule has 2 bridgehead atoms. The number of piperidine rings is 1. The smallest absolute Gasteiger partial charge is 0.269 e. The fourth-order valence-corrected chi connectivity index (χ4v) is 8.53. The average molecular weight is 615 g/mol. The van der Waals surface area contributed by atoms with Gasteiger partial charge in [-0.15, -0.1) is 0 Å². The molecule has 4 aliphatic heterocycles. The maximum absolute atomic E-state index is 14.5. The van der Waals surface area contributed by atoms with Crippen LogP contribution in [0, 0.1) is 22.0 Å². The zero-order valence-corrected chi connectivity index (χ0v) is 23.8. The highest BCUT2D eigenvalue weighted by Crippen LogP contribution is 2.48. The molecule has 1 amide bonds. The van der Waals surface area contributed by atoms with Crippen molar-refractivity contribution in [3.8, 4) is 0 Å². The Morgan fingerprint density at radius 3 is 2.80 bits per heavy atom. The molecule has 41 heavy (non-hydrogen) atoms. The molecule has 0 spiro atoms. The second-order valence-electron chi connectivity index (χ2n) is 11.9. The quantitative estimate of drug-likeness (QED) is 0.259. The number of nitro groups is 1. The van der Waals surface area contributed by atoms with Crippen LogP contribution < -0.4 is 10.5 Å². The zero-order valence-electron chi connectivity index (χ0n) is 22.3. The zero-order chi connectivity index (χ0) is 28.0. The van der Waals surface area contributed by atoms with E-state index in [2.05, 4.69) is 31.9 Å². The van der Waals surface area contributed by atoms with Gasteiger partial charge in [-0.25, -0.2) is 0 Å². The highest BCUT2D eigenvalue weighted by Gasteiger charge is 2.50. The minimum absolute atomic E-state index is 0.00872. The minimum atomic E-state index is -0.363. The van der Waals surface area contributed by atoms with Gasteiger partial charge in [0.05, 0.1) is 16.4 Å². The van der Waals surface area contributed by atoms with Crippen LogP contribution in [0.5, 0.6) is 0 Å². The molecule has 9 nitrogen and oxygen atoms in total. The van der Waals surface area contributed by atoms with Gasteiger partial charge in [-0.2, -0.15) is 0 Å². The molecule has 208 valence electrons. The molecule has 4 aliphatic rings. The molecule has 6 heterocycles. The molecule has 4 aromatic rings. The number of amides is 1. The Morgan fingerprint density at radius 2 is 1.95 bits per heavy atom. The van der Waals surface area contributed by atoms with Gasteiger partial charge >= 0.3 is 0 Å². The third kappa shape index (κ3) is 3.72. The van der Waals surface area contributed by atoms with Gasteiger partial charge < -0.3 is 19.4 Å². The van der Waals surface area contributed by atoms with E-state index >= 15 is 0 Å². The Bertz CT molecular complexity index is 1830. The van der Waals surface area contributed by atoms with Crippen molar-refractivity contribution in [2.45, 2.75) is 44.3 Å². The molecule has 4 atom stereocenters. The van der Waals surface area contributed by atoms with Gasteiger partial charge in [-0.1, -0.05) is 18.2 Å². The molecular formula is C31H28BrN5O4. The van der Waals surface area contributed by atoms with E-state index in [1.54, 1.807) is 18.2 Å². The van der Waals surface area contributed by atoms with Crippen LogP contribution >= 0.6 is 15.9 Å². The summed E-state index contributed by atoms with van der Waals surface area (Å²) < 4.78 is 2.91. The van der Waals surface area contributed by atoms with Gasteiger partial charge in [0.2, 0.25) is 5.91 Å². The first-order chi connectivity index (χ1) is 19.9. The highest BCUT2D eigenvalue weighted by atomic mass is 79.9. The van der Waals surface area contributed by atoms with Gasteiger partial charge in [0.1, 0.15) is 0 Å². The van der Waals surface area contributed by atoms with Crippen molar-refractivity contribution in [1.29, 1.82) is 0 Å². The molecule has 2 aromatic heterocycles. The van der Waals surface area contributed by atoms with Crippen molar-refractivity contribution in [2.75, 3.05) is 18.0 Å². The van der Waals surface area contributed by atoms with Gasteiger partial charge in [0.25, 0.3) is 11.2 Å². The van der Waals surface area contributed by atoms with Crippen LogP contribution in [0.2, 0.25) is 0 Å². The maximum atomic E-state index is 14.5. The third-order valence-corrected chi connectivity index (χ3v) is 10.5. The average Bonchev–Trinajstić information content (AvgIpc) is 3.36. The summed E-state index contributed by atoms with van der Waals surface area (Å²) in [6, 6.07) is 16.6. The lowest BCUT2D eigenvalue weighted by atomic mass is 9.69. The Labute approximate surface area is 244 Å². The van der Waals surface area contributed by atoms with Crippen molar-refractivity contribution < 1.29 is 9.72 Å².